The lowest BCUT2D eigenvalue weighted by Crippen LogP contribution is -2.40. The van der Waals surface area contributed by atoms with Crippen molar-refractivity contribution >= 4 is 27.3 Å². The van der Waals surface area contributed by atoms with Gasteiger partial charge in [0.05, 0.1) is 23.0 Å². The van der Waals surface area contributed by atoms with E-state index in [-0.39, 0.29) is 23.5 Å². The van der Waals surface area contributed by atoms with Gasteiger partial charge in [-0.3, -0.25) is 4.79 Å². The van der Waals surface area contributed by atoms with Crippen LogP contribution in [0.15, 0.2) is 5.38 Å². The van der Waals surface area contributed by atoms with E-state index in [1.807, 2.05) is 26.2 Å². The first kappa shape index (κ1) is 19.3. The van der Waals surface area contributed by atoms with Gasteiger partial charge in [0.25, 0.3) is 0 Å². The molecule has 24 heavy (non-hydrogen) atoms. The smallest absolute Gasteiger partial charge is 0.222 e. The third-order valence-electron chi connectivity index (χ3n) is 4.13. The summed E-state index contributed by atoms with van der Waals surface area (Å²) in [4.78, 5) is 16.2. The maximum atomic E-state index is 12.3. The highest BCUT2D eigenvalue weighted by Crippen LogP contribution is 2.30. The van der Waals surface area contributed by atoms with E-state index in [9.17, 15) is 13.2 Å². The predicted octanol–water partition coefficient (Wildman–Crippen LogP) is 2.33. The number of hydrogen-bond acceptors (Lipinski definition) is 5. The molecule has 0 spiro atoms. The van der Waals surface area contributed by atoms with Crippen LogP contribution < -0.4 is 5.32 Å². The Labute approximate surface area is 148 Å². The summed E-state index contributed by atoms with van der Waals surface area (Å²) < 4.78 is 26.2. The molecule has 0 aliphatic carbocycles. The van der Waals surface area contributed by atoms with Crippen molar-refractivity contribution < 1.29 is 13.2 Å². The van der Waals surface area contributed by atoms with Crippen molar-refractivity contribution in [2.24, 2.45) is 5.92 Å². The molecule has 1 unspecified atom stereocenters. The molecule has 1 aliphatic heterocycles. The van der Waals surface area contributed by atoms with Crippen molar-refractivity contribution in [1.82, 2.24) is 14.6 Å². The van der Waals surface area contributed by atoms with Crippen molar-refractivity contribution in [2.75, 3.05) is 18.8 Å². The van der Waals surface area contributed by atoms with E-state index < -0.39 is 10.0 Å². The molecule has 1 aromatic heterocycles. The normalized spacial score (nSPS) is 19.6. The van der Waals surface area contributed by atoms with Gasteiger partial charge in [0.1, 0.15) is 0 Å². The minimum atomic E-state index is -3.15. The summed E-state index contributed by atoms with van der Waals surface area (Å²) in [6.07, 6.45) is 2.47. The third kappa shape index (κ3) is 5.00. The second-order valence-corrected chi connectivity index (χ2v) is 9.54. The van der Waals surface area contributed by atoms with Gasteiger partial charge in [-0.15, -0.1) is 11.3 Å². The Bertz CT molecular complexity index is 655. The molecule has 0 bridgehead atoms. The lowest BCUT2D eigenvalue weighted by molar-refractivity contribution is -0.124. The molecule has 2 rings (SSSR count). The monoisotopic (exact) mass is 373 g/mol. The van der Waals surface area contributed by atoms with Gasteiger partial charge in [-0.25, -0.2) is 17.7 Å². The van der Waals surface area contributed by atoms with Crippen LogP contribution in [0.4, 0.5) is 0 Å². The largest absolute Gasteiger partial charge is 0.350 e. The highest BCUT2D eigenvalue weighted by atomic mass is 32.2. The van der Waals surface area contributed by atoms with Crippen LogP contribution in [0, 0.1) is 5.92 Å². The fourth-order valence-electron chi connectivity index (χ4n) is 2.76. The van der Waals surface area contributed by atoms with E-state index in [1.54, 1.807) is 15.6 Å². The second-order valence-electron chi connectivity index (χ2n) is 6.56. The zero-order chi connectivity index (χ0) is 17.7. The molecule has 1 atom stereocenters. The van der Waals surface area contributed by atoms with E-state index in [0.717, 1.165) is 23.5 Å². The molecule has 0 radical (unpaired) electrons. The van der Waals surface area contributed by atoms with E-state index in [0.29, 0.717) is 26.1 Å². The molecule has 0 aromatic carbocycles. The summed E-state index contributed by atoms with van der Waals surface area (Å²) in [5.74, 6) is 0.340. The van der Waals surface area contributed by atoms with Crippen LogP contribution >= 0.6 is 11.3 Å². The summed E-state index contributed by atoms with van der Waals surface area (Å²) in [5.41, 5.74) is 0.845. The van der Waals surface area contributed by atoms with Gasteiger partial charge in [-0.05, 0) is 19.3 Å². The van der Waals surface area contributed by atoms with Crippen LogP contribution in [0.25, 0.3) is 0 Å². The third-order valence-corrected chi connectivity index (χ3v) is 7.23. The van der Waals surface area contributed by atoms with Gasteiger partial charge in [0.2, 0.25) is 15.9 Å². The number of nitrogens with one attached hydrogen (secondary N) is 1. The molecule has 2 heterocycles. The van der Waals surface area contributed by atoms with Crippen LogP contribution in [-0.4, -0.2) is 42.5 Å². The Balaban J connectivity index is 1.98. The Hall–Kier alpha value is -0.990. The number of nitrogens with zero attached hydrogens (tertiary/aromatic N) is 2. The van der Waals surface area contributed by atoms with Crippen LogP contribution in [-0.2, 0) is 21.4 Å². The van der Waals surface area contributed by atoms with Crippen LogP contribution in [0.2, 0.25) is 0 Å². The van der Waals surface area contributed by atoms with E-state index in [2.05, 4.69) is 10.3 Å². The number of hydrogen-bond donors (Lipinski definition) is 1. The predicted molar refractivity (Wildman–Crippen MR) is 96.4 cm³/mol. The maximum absolute atomic E-state index is 12.3. The average molecular weight is 374 g/mol. The maximum Gasteiger partial charge on any atom is 0.222 e. The second kappa shape index (κ2) is 8.40. The summed E-state index contributed by atoms with van der Waals surface area (Å²) in [7, 11) is -3.15. The number of rotatable bonds is 7. The number of carbonyl (C=O) groups excluding carboxylic acids is 1. The van der Waals surface area contributed by atoms with E-state index in [1.165, 1.54) is 0 Å². The Morgan fingerprint density at radius 3 is 2.92 bits per heavy atom. The van der Waals surface area contributed by atoms with Gasteiger partial charge < -0.3 is 5.32 Å². The first-order valence-electron chi connectivity index (χ1n) is 8.53. The van der Waals surface area contributed by atoms with Gasteiger partial charge in [-0.2, -0.15) is 0 Å². The molecule has 1 amide bonds. The summed E-state index contributed by atoms with van der Waals surface area (Å²) in [5, 5.41) is 5.79. The zero-order valence-corrected chi connectivity index (χ0v) is 16.3. The molecular formula is C16H27N3O3S2. The van der Waals surface area contributed by atoms with Crippen LogP contribution in [0.1, 0.15) is 56.7 Å². The fraction of sp³-hybridized carbons (Fsp3) is 0.750. The summed E-state index contributed by atoms with van der Waals surface area (Å²) >= 11 is 1.56. The summed E-state index contributed by atoms with van der Waals surface area (Å²) in [6.45, 7) is 7.16. The van der Waals surface area contributed by atoms with Crippen molar-refractivity contribution in [3.05, 3.63) is 16.1 Å². The van der Waals surface area contributed by atoms with Gasteiger partial charge >= 0.3 is 0 Å². The van der Waals surface area contributed by atoms with E-state index in [4.69, 9.17) is 0 Å². The highest BCUT2D eigenvalue weighted by Gasteiger charge is 2.30. The minimum Gasteiger partial charge on any atom is -0.350 e. The Morgan fingerprint density at radius 2 is 2.25 bits per heavy atom. The highest BCUT2D eigenvalue weighted by molar-refractivity contribution is 7.89. The van der Waals surface area contributed by atoms with Crippen molar-refractivity contribution in [3.8, 4) is 0 Å². The minimum absolute atomic E-state index is 0.0130. The SMILES string of the molecule is CCCS(=O)(=O)N1CCCC(c2nc(CNC(=O)C(C)C)cs2)C1. The molecule has 8 heteroatoms. The number of carbonyl (C=O) groups is 1. The number of sulfonamides is 1. The molecule has 1 saturated heterocycles. The lowest BCUT2D eigenvalue weighted by Gasteiger charge is -2.30. The standard InChI is InChI=1S/C16H27N3O3S2/c1-4-8-24(21,22)19-7-5-6-13(10-19)16-18-14(11-23-16)9-17-15(20)12(2)3/h11-13H,4-10H2,1-3H3,(H,17,20). The molecule has 1 aliphatic rings. The van der Waals surface area contributed by atoms with Gasteiger partial charge in [0.15, 0.2) is 0 Å². The first-order chi connectivity index (χ1) is 11.3. The molecule has 136 valence electrons. The molecule has 1 fully saturated rings. The Morgan fingerprint density at radius 1 is 1.50 bits per heavy atom. The number of piperidine rings is 1. The van der Waals surface area contributed by atoms with Crippen LogP contribution in [0.5, 0.6) is 0 Å². The topological polar surface area (TPSA) is 79.4 Å². The number of amides is 1. The zero-order valence-electron chi connectivity index (χ0n) is 14.6. The van der Waals surface area contributed by atoms with Crippen molar-refractivity contribution in [1.29, 1.82) is 0 Å². The number of thiazole rings is 1. The molecule has 0 saturated carbocycles. The van der Waals surface area contributed by atoms with Crippen molar-refractivity contribution in [2.45, 2.75) is 52.5 Å². The average Bonchev–Trinajstić information content (AvgIpc) is 3.01. The molecular weight excluding hydrogens is 346 g/mol. The molecule has 1 N–H and O–H groups in total. The first-order valence-corrected chi connectivity index (χ1v) is 11.0. The number of aromatic nitrogens is 1. The van der Waals surface area contributed by atoms with Crippen molar-refractivity contribution in [3.63, 3.8) is 0 Å². The fourth-order valence-corrected chi connectivity index (χ4v) is 5.29. The van der Waals surface area contributed by atoms with Gasteiger partial charge in [0, 0.05) is 30.3 Å². The molecule has 6 nitrogen and oxygen atoms in total. The summed E-state index contributed by atoms with van der Waals surface area (Å²) in [6, 6.07) is 0. The Kier molecular flexibility index (Phi) is 6.77. The molecule has 1 aromatic rings. The quantitative estimate of drug-likeness (QED) is 0.795. The van der Waals surface area contributed by atoms with Crippen LogP contribution in [0.3, 0.4) is 0 Å². The van der Waals surface area contributed by atoms with Gasteiger partial charge in [-0.1, -0.05) is 20.8 Å². The van der Waals surface area contributed by atoms with E-state index >= 15 is 0 Å². The lowest BCUT2D eigenvalue weighted by atomic mass is 10.0.